The number of carbonyl (C=O) groups is 3. The van der Waals surface area contributed by atoms with Gasteiger partial charge in [-0.05, 0) is 54.3 Å². The Labute approximate surface area is 240 Å². The molecule has 1 aromatic heterocycles. The zero-order chi connectivity index (χ0) is 29.1. The number of carbonyl (C=O) groups excluding carboxylic acids is 3. The van der Waals surface area contributed by atoms with Gasteiger partial charge in [-0.3, -0.25) is 9.59 Å². The number of anilines is 1. The maximum Gasteiger partial charge on any atom is 0.339 e. The van der Waals surface area contributed by atoms with E-state index in [0.29, 0.717) is 16.6 Å². The largest absolute Gasteiger partial charge is 0.449 e. The number of fused-ring (bicyclic) bond motifs is 2. The Hall–Kier alpha value is -4.61. The van der Waals surface area contributed by atoms with Crippen molar-refractivity contribution in [1.82, 2.24) is 9.71 Å². The second-order valence-electron chi connectivity index (χ2n) is 9.17. The molecule has 5 rings (SSSR count). The highest BCUT2D eigenvalue weighted by atomic mass is 32.2. The summed E-state index contributed by atoms with van der Waals surface area (Å²) in [5.41, 5.74) is 2.28. The molecular formula is C30H25N3O6S2. The van der Waals surface area contributed by atoms with Crippen molar-refractivity contribution in [2.24, 2.45) is 0 Å². The summed E-state index contributed by atoms with van der Waals surface area (Å²) in [5.74, 6) is -1.93. The maximum absolute atomic E-state index is 13.5. The third-order valence-corrected chi connectivity index (χ3v) is 8.79. The van der Waals surface area contributed by atoms with E-state index >= 15 is 0 Å². The number of benzene rings is 4. The van der Waals surface area contributed by atoms with E-state index in [0.717, 1.165) is 33.1 Å². The Bertz CT molecular complexity index is 1860. The minimum atomic E-state index is -4.01. The predicted octanol–water partition coefficient (Wildman–Crippen LogP) is 5.52. The molecule has 0 saturated heterocycles. The normalized spacial score (nSPS) is 12.1. The van der Waals surface area contributed by atoms with Gasteiger partial charge in [0.15, 0.2) is 6.10 Å². The van der Waals surface area contributed by atoms with Gasteiger partial charge in [0.2, 0.25) is 5.91 Å². The first-order valence-electron chi connectivity index (χ1n) is 12.7. The van der Waals surface area contributed by atoms with Crippen molar-refractivity contribution >= 4 is 65.8 Å². The first kappa shape index (κ1) is 27.9. The van der Waals surface area contributed by atoms with E-state index in [1.165, 1.54) is 35.6 Å². The molecule has 0 aliphatic heterocycles. The topological polar surface area (TPSA) is 132 Å². The molecule has 0 spiro atoms. The van der Waals surface area contributed by atoms with Crippen molar-refractivity contribution < 1.29 is 27.5 Å². The molecule has 2 N–H and O–H groups in total. The number of nitrogens with one attached hydrogen (secondary N) is 2. The Morgan fingerprint density at radius 3 is 2.32 bits per heavy atom. The van der Waals surface area contributed by atoms with Crippen LogP contribution in [0, 0.1) is 0 Å². The number of para-hydroxylation sites is 1. The van der Waals surface area contributed by atoms with Crippen LogP contribution in [0.3, 0.4) is 0 Å². The second-order valence-corrected chi connectivity index (χ2v) is 11.9. The van der Waals surface area contributed by atoms with E-state index in [-0.39, 0.29) is 11.3 Å². The number of aromatic nitrogens is 1. The highest BCUT2D eigenvalue weighted by Gasteiger charge is 2.25. The monoisotopic (exact) mass is 587 g/mol. The van der Waals surface area contributed by atoms with Gasteiger partial charge in [-0.1, -0.05) is 49.4 Å². The Kier molecular flexibility index (Phi) is 7.82. The highest BCUT2D eigenvalue weighted by molar-refractivity contribution is 7.90. The molecule has 9 nitrogen and oxygen atoms in total. The number of sulfonamides is 1. The number of hydrogen-bond donors (Lipinski definition) is 2. The summed E-state index contributed by atoms with van der Waals surface area (Å²) in [7, 11) is -4.01. The average molecular weight is 588 g/mol. The molecule has 0 bridgehead atoms. The smallest absolute Gasteiger partial charge is 0.339 e. The Balaban J connectivity index is 1.38. The van der Waals surface area contributed by atoms with Crippen LogP contribution >= 0.6 is 11.3 Å². The Morgan fingerprint density at radius 1 is 0.927 bits per heavy atom. The van der Waals surface area contributed by atoms with Crippen molar-refractivity contribution in [1.29, 1.82) is 0 Å². The van der Waals surface area contributed by atoms with Gasteiger partial charge in [-0.2, -0.15) is 0 Å². The molecule has 5 aromatic rings. The standard InChI is InChI=1S/C30H25N3O6S2/c1-3-25(28(35)31-20-14-16-21(17-15-20)41(37,38)33-18(2)34)39-30(36)23-11-7-9-19-8-6-10-22(27(19)23)29-32-24-12-4-5-13-26(24)40-29/h4-17,25H,3H2,1-2H3,(H,31,35)(H,33,34). The van der Waals surface area contributed by atoms with E-state index in [9.17, 15) is 22.8 Å². The zero-order valence-corrected chi connectivity index (χ0v) is 23.7. The summed E-state index contributed by atoms with van der Waals surface area (Å²) in [6, 6.07) is 24.2. The SMILES string of the molecule is CCC(OC(=O)c1cccc2cccc(-c3nc4ccccc4s3)c12)C(=O)Nc1ccc(S(=O)(=O)NC(C)=O)cc1. The molecule has 0 fully saturated rings. The number of esters is 1. The summed E-state index contributed by atoms with van der Waals surface area (Å²) >= 11 is 1.53. The van der Waals surface area contributed by atoms with Crippen LogP contribution in [0.5, 0.6) is 0 Å². The lowest BCUT2D eigenvalue weighted by Gasteiger charge is -2.17. The van der Waals surface area contributed by atoms with Crippen LogP contribution in [-0.2, 0) is 24.3 Å². The summed E-state index contributed by atoms with van der Waals surface area (Å²) < 4.78 is 32.9. The van der Waals surface area contributed by atoms with Crippen molar-refractivity contribution in [3.63, 3.8) is 0 Å². The molecule has 0 radical (unpaired) electrons. The zero-order valence-electron chi connectivity index (χ0n) is 22.1. The lowest BCUT2D eigenvalue weighted by atomic mass is 9.99. The molecule has 11 heteroatoms. The Morgan fingerprint density at radius 2 is 1.63 bits per heavy atom. The summed E-state index contributed by atoms with van der Waals surface area (Å²) in [4.78, 5) is 42.3. The van der Waals surface area contributed by atoms with Gasteiger partial charge in [-0.25, -0.2) is 22.9 Å². The number of amides is 2. The molecule has 4 aromatic carbocycles. The first-order valence-corrected chi connectivity index (χ1v) is 15.0. The van der Waals surface area contributed by atoms with Crippen LogP contribution in [0.2, 0.25) is 0 Å². The van der Waals surface area contributed by atoms with Gasteiger partial charge in [-0.15, -0.1) is 11.3 Å². The fourth-order valence-corrected chi connectivity index (χ4v) is 6.37. The van der Waals surface area contributed by atoms with Crippen LogP contribution < -0.4 is 10.0 Å². The number of nitrogens with zero attached hydrogens (tertiary/aromatic N) is 1. The van der Waals surface area contributed by atoms with E-state index in [1.807, 2.05) is 53.3 Å². The molecular weight excluding hydrogens is 562 g/mol. The van der Waals surface area contributed by atoms with E-state index in [4.69, 9.17) is 9.72 Å². The minimum Gasteiger partial charge on any atom is -0.449 e. The molecule has 1 unspecified atom stereocenters. The lowest BCUT2D eigenvalue weighted by Crippen LogP contribution is -2.32. The number of ether oxygens (including phenoxy) is 1. The van der Waals surface area contributed by atoms with Crippen molar-refractivity contribution in [3.05, 3.63) is 90.5 Å². The maximum atomic E-state index is 13.5. The molecule has 2 amide bonds. The van der Waals surface area contributed by atoms with Gasteiger partial charge >= 0.3 is 5.97 Å². The van der Waals surface area contributed by atoms with Crippen LogP contribution in [0.4, 0.5) is 5.69 Å². The number of hydrogen-bond acceptors (Lipinski definition) is 8. The first-order chi connectivity index (χ1) is 19.7. The van der Waals surface area contributed by atoms with Crippen LogP contribution in [-0.4, -0.2) is 37.3 Å². The van der Waals surface area contributed by atoms with Crippen molar-refractivity contribution in [3.8, 4) is 10.6 Å². The van der Waals surface area contributed by atoms with E-state index in [1.54, 1.807) is 19.1 Å². The quantitative estimate of drug-likeness (QED) is 0.229. The van der Waals surface area contributed by atoms with Gasteiger partial charge < -0.3 is 10.1 Å². The second kappa shape index (κ2) is 11.5. The number of rotatable bonds is 8. The molecule has 0 saturated carbocycles. The third kappa shape index (κ3) is 5.96. The van der Waals surface area contributed by atoms with Crippen LogP contribution in [0.15, 0.2) is 89.8 Å². The summed E-state index contributed by atoms with van der Waals surface area (Å²) in [6.07, 6.45) is -0.891. The van der Waals surface area contributed by atoms with Crippen LogP contribution in [0.25, 0.3) is 31.6 Å². The fraction of sp³-hybridized carbons (Fsp3) is 0.133. The predicted molar refractivity (Wildman–Crippen MR) is 158 cm³/mol. The van der Waals surface area contributed by atoms with Crippen molar-refractivity contribution in [2.45, 2.75) is 31.3 Å². The average Bonchev–Trinajstić information content (AvgIpc) is 3.39. The molecule has 41 heavy (non-hydrogen) atoms. The van der Waals surface area contributed by atoms with Crippen molar-refractivity contribution in [2.75, 3.05) is 5.32 Å². The fourth-order valence-electron chi connectivity index (χ4n) is 4.38. The van der Waals surface area contributed by atoms with Gasteiger partial charge in [0, 0.05) is 23.6 Å². The van der Waals surface area contributed by atoms with E-state index in [2.05, 4.69) is 5.32 Å². The lowest BCUT2D eigenvalue weighted by molar-refractivity contribution is -0.124. The summed E-state index contributed by atoms with van der Waals surface area (Å²) in [5, 5.41) is 4.94. The van der Waals surface area contributed by atoms with Gasteiger partial charge in [0.05, 0.1) is 20.7 Å². The molecule has 1 atom stereocenters. The number of thiazole rings is 1. The van der Waals surface area contributed by atoms with Gasteiger partial charge in [0.25, 0.3) is 15.9 Å². The molecule has 1 heterocycles. The summed E-state index contributed by atoms with van der Waals surface area (Å²) in [6.45, 7) is 2.81. The minimum absolute atomic E-state index is 0.135. The van der Waals surface area contributed by atoms with Crippen LogP contribution in [0.1, 0.15) is 30.6 Å². The van der Waals surface area contributed by atoms with E-state index < -0.39 is 33.9 Å². The van der Waals surface area contributed by atoms with Gasteiger partial charge in [0.1, 0.15) is 5.01 Å². The third-order valence-electron chi connectivity index (χ3n) is 6.27. The molecule has 0 aliphatic carbocycles. The molecule has 208 valence electrons. The highest BCUT2D eigenvalue weighted by Crippen LogP contribution is 2.36. The molecule has 0 aliphatic rings.